The lowest BCUT2D eigenvalue weighted by Crippen LogP contribution is -2.48. The topological polar surface area (TPSA) is 95.0 Å². The predicted octanol–water partition coefficient (Wildman–Crippen LogP) is 0.645. The second-order valence-electron chi connectivity index (χ2n) is 5.44. The quantitative estimate of drug-likeness (QED) is 0.886. The highest BCUT2D eigenvalue weighted by molar-refractivity contribution is 5.39. The van der Waals surface area contributed by atoms with Gasteiger partial charge in [0.2, 0.25) is 17.8 Å². The van der Waals surface area contributed by atoms with Crippen molar-refractivity contribution < 1.29 is 4.74 Å². The van der Waals surface area contributed by atoms with Crippen LogP contribution in [0, 0.1) is 0 Å². The molecule has 0 saturated carbocycles. The lowest BCUT2D eigenvalue weighted by molar-refractivity contribution is -0.00499. The fraction of sp³-hybridized carbons (Fsp3) is 0.538. The van der Waals surface area contributed by atoms with Crippen LogP contribution in [0.25, 0.3) is 5.95 Å². The first kappa shape index (κ1) is 13.7. The summed E-state index contributed by atoms with van der Waals surface area (Å²) in [5.74, 6) is 1.25. The van der Waals surface area contributed by atoms with Crippen LogP contribution in [-0.2, 0) is 4.74 Å². The van der Waals surface area contributed by atoms with Gasteiger partial charge in [-0.2, -0.15) is 15.0 Å². The van der Waals surface area contributed by atoms with Crippen molar-refractivity contribution in [3.05, 3.63) is 18.7 Å². The molecule has 0 amide bonds. The Morgan fingerprint density at radius 2 is 2.10 bits per heavy atom. The Kier molecular flexibility index (Phi) is 3.46. The number of nitrogens with zero attached hydrogens (tertiary/aromatic N) is 6. The third-order valence-corrected chi connectivity index (χ3v) is 3.80. The molecular formula is C13H19N7O. The van der Waals surface area contributed by atoms with Crippen LogP contribution in [0.2, 0.25) is 0 Å². The van der Waals surface area contributed by atoms with Crippen molar-refractivity contribution in [1.82, 2.24) is 24.5 Å². The third kappa shape index (κ3) is 2.80. The number of imidazole rings is 1. The molecule has 1 aliphatic heterocycles. The molecule has 1 atom stereocenters. The number of anilines is 2. The number of ether oxygens (including phenoxy) is 1. The maximum Gasteiger partial charge on any atom is 0.241 e. The number of piperidine rings is 1. The van der Waals surface area contributed by atoms with Crippen molar-refractivity contribution in [2.75, 3.05) is 30.8 Å². The van der Waals surface area contributed by atoms with E-state index < -0.39 is 0 Å². The Labute approximate surface area is 123 Å². The van der Waals surface area contributed by atoms with Crippen LogP contribution in [0.4, 0.5) is 11.9 Å². The summed E-state index contributed by atoms with van der Waals surface area (Å²) >= 11 is 0. The van der Waals surface area contributed by atoms with Crippen molar-refractivity contribution >= 4 is 11.9 Å². The molecule has 8 heteroatoms. The van der Waals surface area contributed by atoms with E-state index in [1.54, 1.807) is 30.4 Å². The van der Waals surface area contributed by atoms with Gasteiger partial charge >= 0.3 is 0 Å². The van der Waals surface area contributed by atoms with Crippen molar-refractivity contribution in [3.63, 3.8) is 0 Å². The monoisotopic (exact) mass is 289 g/mol. The normalized spacial score (nSPS) is 22.5. The Balaban J connectivity index is 1.92. The highest BCUT2D eigenvalue weighted by Crippen LogP contribution is 2.26. The van der Waals surface area contributed by atoms with Gasteiger partial charge in [0.25, 0.3) is 0 Å². The Bertz CT molecular complexity index is 615. The number of methoxy groups -OCH3 is 1. The number of hydrogen-bond donors (Lipinski definition) is 1. The SMILES string of the molecule is COC1(C)CCCN(c2nc(N)nc(-n3ccnc3)n2)C1. The molecule has 2 aromatic heterocycles. The minimum absolute atomic E-state index is 0.186. The fourth-order valence-corrected chi connectivity index (χ4v) is 2.55. The maximum atomic E-state index is 5.82. The van der Waals surface area contributed by atoms with E-state index in [-0.39, 0.29) is 11.5 Å². The zero-order chi connectivity index (χ0) is 14.9. The van der Waals surface area contributed by atoms with Crippen molar-refractivity contribution in [3.8, 4) is 5.95 Å². The van der Waals surface area contributed by atoms with Gasteiger partial charge in [-0.1, -0.05) is 0 Å². The molecule has 1 unspecified atom stereocenters. The molecule has 2 N–H and O–H groups in total. The van der Waals surface area contributed by atoms with Gasteiger partial charge in [0.15, 0.2) is 0 Å². The number of nitrogen functional groups attached to an aromatic ring is 1. The van der Waals surface area contributed by atoms with E-state index in [0.717, 1.165) is 25.9 Å². The van der Waals surface area contributed by atoms with E-state index in [9.17, 15) is 0 Å². The summed E-state index contributed by atoms with van der Waals surface area (Å²) in [4.78, 5) is 19.0. The molecule has 1 aliphatic rings. The Morgan fingerprint density at radius 1 is 1.29 bits per heavy atom. The minimum atomic E-state index is -0.186. The van der Waals surface area contributed by atoms with Gasteiger partial charge in [-0.05, 0) is 19.8 Å². The molecule has 112 valence electrons. The molecule has 0 spiro atoms. The van der Waals surface area contributed by atoms with Crippen molar-refractivity contribution in [2.45, 2.75) is 25.4 Å². The van der Waals surface area contributed by atoms with E-state index in [4.69, 9.17) is 10.5 Å². The van der Waals surface area contributed by atoms with Crippen LogP contribution < -0.4 is 10.6 Å². The number of aromatic nitrogens is 5. The summed E-state index contributed by atoms with van der Waals surface area (Å²) in [7, 11) is 1.74. The van der Waals surface area contributed by atoms with Gasteiger partial charge < -0.3 is 15.4 Å². The first-order valence-corrected chi connectivity index (χ1v) is 6.90. The van der Waals surface area contributed by atoms with Gasteiger partial charge in [-0.3, -0.25) is 4.57 Å². The van der Waals surface area contributed by atoms with Crippen LogP contribution in [-0.4, -0.2) is 50.3 Å². The van der Waals surface area contributed by atoms with E-state index >= 15 is 0 Å². The zero-order valence-electron chi connectivity index (χ0n) is 12.2. The summed E-state index contributed by atoms with van der Waals surface area (Å²) in [6.45, 7) is 3.71. The van der Waals surface area contributed by atoms with Gasteiger partial charge in [-0.25, -0.2) is 4.98 Å². The van der Waals surface area contributed by atoms with E-state index in [1.807, 2.05) is 0 Å². The highest BCUT2D eigenvalue weighted by Gasteiger charge is 2.32. The summed E-state index contributed by atoms with van der Waals surface area (Å²) < 4.78 is 7.31. The van der Waals surface area contributed by atoms with Gasteiger partial charge in [0, 0.05) is 32.6 Å². The molecule has 1 fully saturated rings. The van der Waals surface area contributed by atoms with Crippen LogP contribution in [0.3, 0.4) is 0 Å². The van der Waals surface area contributed by atoms with Crippen LogP contribution in [0.15, 0.2) is 18.7 Å². The second kappa shape index (κ2) is 5.28. The largest absolute Gasteiger partial charge is 0.377 e. The zero-order valence-corrected chi connectivity index (χ0v) is 12.2. The molecule has 21 heavy (non-hydrogen) atoms. The molecule has 3 heterocycles. The maximum absolute atomic E-state index is 5.82. The lowest BCUT2D eigenvalue weighted by atomic mass is 9.95. The summed E-state index contributed by atoms with van der Waals surface area (Å²) in [6, 6.07) is 0. The molecule has 0 radical (unpaired) electrons. The number of hydrogen-bond acceptors (Lipinski definition) is 7. The first-order valence-electron chi connectivity index (χ1n) is 6.90. The van der Waals surface area contributed by atoms with E-state index in [2.05, 4.69) is 31.8 Å². The standard InChI is InChI=1S/C13H19N7O/c1-13(21-2)4-3-6-19(8-13)11-16-10(14)17-12(18-11)20-7-5-15-9-20/h5,7,9H,3-4,6,8H2,1-2H3,(H2,14,16,17,18). The number of nitrogens with two attached hydrogens (primary N) is 1. The first-order chi connectivity index (χ1) is 10.1. The predicted molar refractivity (Wildman–Crippen MR) is 78.2 cm³/mol. The van der Waals surface area contributed by atoms with E-state index in [0.29, 0.717) is 11.9 Å². The molecular weight excluding hydrogens is 270 g/mol. The molecule has 0 aromatic carbocycles. The van der Waals surface area contributed by atoms with Crippen LogP contribution in [0.1, 0.15) is 19.8 Å². The van der Waals surface area contributed by atoms with Gasteiger partial charge in [0.05, 0.1) is 5.60 Å². The lowest BCUT2D eigenvalue weighted by Gasteiger charge is -2.39. The molecule has 0 aliphatic carbocycles. The summed E-state index contributed by atoms with van der Waals surface area (Å²) in [6.07, 6.45) is 7.12. The second-order valence-corrected chi connectivity index (χ2v) is 5.44. The molecule has 3 rings (SSSR count). The summed E-state index contributed by atoms with van der Waals surface area (Å²) in [5.41, 5.74) is 5.63. The fourth-order valence-electron chi connectivity index (χ4n) is 2.55. The van der Waals surface area contributed by atoms with Crippen LogP contribution >= 0.6 is 0 Å². The van der Waals surface area contributed by atoms with Crippen LogP contribution in [0.5, 0.6) is 0 Å². The van der Waals surface area contributed by atoms with E-state index in [1.165, 1.54) is 0 Å². The molecule has 0 bridgehead atoms. The number of rotatable bonds is 3. The minimum Gasteiger partial charge on any atom is -0.377 e. The Hall–Kier alpha value is -2.22. The smallest absolute Gasteiger partial charge is 0.241 e. The average Bonchev–Trinajstić information content (AvgIpc) is 3.01. The molecule has 8 nitrogen and oxygen atoms in total. The summed E-state index contributed by atoms with van der Waals surface area (Å²) in [5, 5.41) is 0. The molecule has 2 aromatic rings. The van der Waals surface area contributed by atoms with Gasteiger partial charge in [-0.15, -0.1) is 0 Å². The Morgan fingerprint density at radius 3 is 2.81 bits per heavy atom. The average molecular weight is 289 g/mol. The van der Waals surface area contributed by atoms with Crippen molar-refractivity contribution in [2.24, 2.45) is 0 Å². The molecule has 1 saturated heterocycles. The highest BCUT2D eigenvalue weighted by atomic mass is 16.5. The van der Waals surface area contributed by atoms with Gasteiger partial charge in [0.1, 0.15) is 6.33 Å². The third-order valence-electron chi connectivity index (χ3n) is 3.80. The van der Waals surface area contributed by atoms with Crippen molar-refractivity contribution in [1.29, 1.82) is 0 Å².